The predicted octanol–water partition coefficient (Wildman–Crippen LogP) is 17.2. The molecule has 0 unspecified atom stereocenters. The van der Waals surface area contributed by atoms with Crippen LogP contribution in [0.4, 0.5) is 0 Å². The summed E-state index contributed by atoms with van der Waals surface area (Å²) in [5, 5.41) is 1.62. The molecule has 0 bridgehead atoms. The van der Waals surface area contributed by atoms with Gasteiger partial charge in [-0.3, -0.25) is 12.2 Å². The summed E-state index contributed by atoms with van der Waals surface area (Å²) >= 11 is 14.2. The molecule has 0 N–H and O–H groups in total. The van der Waals surface area contributed by atoms with E-state index in [-0.39, 0.29) is 68.1 Å². The van der Waals surface area contributed by atoms with E-state index < -0.39 is 0 Å². The molecule has 0 fully saturated rings. The van der Waals surface area contributed by atoms with Gasteiger partial charge in [0.05, 0.1) is 0 Å². The summed E-state index contributed by atoms with van der Waals surface area (Å²) in [6.45, 7) is 56.0. The van der Waals surface area contributed by atoms with Gasteiger partial charge in [0.25, 0.3) is 0 Å². The Morgan fingerprint density at radius 2 is 0.648 bits per heavy atom. The van der Waals surface area contributed by atoms with Crippen molar-refractivity contribution in [1.29, 1.82) is 0 Å². The van der Waals surface area contributed by atoms with Gasteiger partial charge in [-0.25, -0.2) is 24.3 Å². The van der Waals surface area contributed by atoms with E-state index >= 15 is 0 Å². The Morgan fingerprint density at radius 3 is 0.852 bits per heavy atom. The Bertz CT molecular complexity index is 3070. The van der Waals surface area contributed by atoms with E-state index in [1.54, 1.807) is 0 Å². The van der Waals surface area contributed by atoms with Crippen molar-refractivity contribution in [3.63, 3.8) is 0 Å². The van der Waals surface area contributed by atoms with E-state index in [0.717, 1.165) is 35.7 Å². The molecule has 0 aliphatic heterocycles. The molecule has 0 heterocycles. The molecule has 0 aromatic heterocycles. The van der Waals surface area contributed by atoms with Gasteiger partial charge >= 0.3 is 149 Å². The molecule has 0 spiro atoms. The summed E-state index contributed by atoms with van der Waals surface area (Å²) in [7, 11) is 0. The molecule has 4 aliphatic rings. The number of hydrogen-bond donors (Lipinski definition) is 0. The Morgan fingerprint density at radius 1 is 0.364 bits per heavy atom. The van der Waals surface area contributed by atoms with Crippen LogP contribution >= 0.6 is 23.2 Å². The van der Waals surface area contributed by atoms with E-state index in [2.05, 4.69) is 246 Å². The zero-order valence-corrected chi connectivity index (χ0v) is 66.0. The van der Waals surface area contributed by atoms with Crippen LogP contribution in [-0.2, 0) is 105 Å². The number of rotatable bonds is 2. The second kappa shape index (κ2) is 31.7. The number of benzene rings is 6. The van der Waals surface area contributed by atoms with Crippen molar-refractivity contribution in [2.75, 3.05) is 0 Å². The van der Waals surface area contributed by atoms with Gasteiger partial charge in [0.2, 0.25) is 0 Å². The monoisotopic (exact) mass is 1410 g/mol. The summed E-state index contributed by atoms with van der Waals surface area (Å²) in [5.41, 5.74) is 26.3. The molecule has 0 saturated carbocycles. The van der Waals surface area contributed by atoms with E-state index in [1.807, 2.05) is 72.8 Å². The number of hydrogen-bond acceptors (Lipinski definition) is 0. The van der Waals surface area contributed by atoms with E-state index in [9.17, 15) is 0 Å². The van der Waals surface area contributed by atoms with Gasteiger partial charge < -0.3 is 24.8 Å². The average molecular weight is 1410 g/mol. The second-order valence-corrected chi connectivity index (χ2v) is 34.1. The smallest absolute Gasteiger partial charge is 0.109 e. The zero-order chi connectivity index (χ0) is 64.8. The van der Waals surface area contributed by atoms with Crippen LogP contribution in [0.3, 0.4) is 0 Å². The van der Waals surface area contributed by atoms with Crippen molar-refractivity contribution in [1.82, 2.24) is 0 Å². The largest absolute Gasteiger partial charge is 1.00 e. The van der Waals surface area contributed by atoms with Gasteiger partial charge in [0.1, 0.15) is 0 Å². The number of fused-ring (bicyclic) bond motifs is 6. The van der Waals surface area contributed by atoms with Crippen molar-refractivity contribution >= 4 is 30.6 Å². The van der Waals surface area contributed by atoms with Gasteiger partial charge in [-0.1, -0.05) is 212 Å². The molecule has 88 heavy (non-hydrogen) atoms. The number of allylic oxidation sites excluding steroid dienone is 8. The minimum Gasteiger partial charge on any atom is -1.00 e. The van der Waals surface area contributed by atoms with Crippen LogP contribution in [0.2, 0.25) is 10.0 Å². The molecule has 0 radical (unpaired) electrons. The van der Waals surface area contributed by atoms with Crippen LogP contribution in [0.5, 0.6) is 0 Å². The fraction of sp³-hybridized carbons (Fsp3) is 0.439. The molecule has 0 saturated heterocycles. The Hall–Kier alpha value is -3.05. The van der Waals surface area contributed by atoms with E-state index in [0.29, 0.717) is 0 Å². The molecule has 0 amide bonds. The SMILES string of the molecule is CC(C)(C)c1[c-]c2c(cc1C(C)(C)C)-c1cc(C(C)(C)C)c(C(C)(C)C)cc1C2.CC(C)(C)c1[c-]c2c(cc1C(C)(C)C)-c1cc(C(C)(C)C)c(C(C)(C)C)cc1C2.Clc1cccc([CH]=[Zr+2])c1.Clc1cccc([CH]=[Zr+2])c1.[C-]1=CC=CC1.[C-]1=CC=CC1.[Cl-].[Cl-]. The normalized spacial score (nSPS) is 13.6. The molecule has 6 aromatic rings. The summed E-state index contributed by atoms with van der Waals surface area (Å²) in [5.74, 6) is 0. The minimum absolute atomic E-state index is 0. The van der Waals surface area contributed by atoms with Gasteiger partial charge in [0, 0.05) is 0 Å². The fourth-order valence-electron chi connectivity index (χ4n) is 11.1. The topological polar surface area (TPSA) is 0 Å². The first-order valence-corrected chi connectivity index (χ1v) is 34.6. The second-order valence-electron chi connectivity index (χ2n) is 31.8. The van der Waals surface area contributed by atoms with Crippen LogP contribution in [0.25, 0.3) is 22.3 Å². The maximum atomic E-state index is 5.71. The molecule has 6 aromatic carbocycles. The van der Waals surface area contributed by atoms with Crippen LogP contribution in [0, 0.1) is 24.3 Å². The predicted molar refractivity (Wildman–Crippen MR) is 373 cm³/mol. The van der Waals surface area contributed by atoms with Crippen LogP contribution in [0.15, 0.2) is 121 Å². The van der Waals surface area contributed by atoms with E-state index in [4.69, 9.17) is 23.2 Å². The quantitative estimate of drug-likeness (QED) is 0.151. The van der Waals surface area contributed by atoms with Gasteiger partial charge in [0.15, 0.2) is 0 Å². The van der Waals surface area contributed by atoms with Crippen molar-refractivity contribution in [2.24, 2.45) is 0 Å². The molecule has 468 valence electrons. The Kier molecular flexibility index (Phi) is 28.5. The Labute approximate surface area is 589 Å². The van der Waals surface area contributed by atoms with Gasteiger partial charge in [-0.05, 0) is 78.7 Å². The fourth-order valence-corrected chi connectivity index (χ4v) is 12.4. The third kappa shape index (κ3) is 22.0. The zero-order valence-electron chi connectivity index (χ0n) is 58.0. The summed E-state index contributed by atoms with van der Waals surface area (Å²) in [6, 6.07) is 38.4. The summed E-state index contributed by atoms with van der Waals surface area (Å²) in [6.07, 6.45) is 22.0. The third-order valence-electron chi connectivity index (χ3n) is 15.7. The molecule has 10 rings (SSSR count). The summed E-state index contributed by atoms with van der Waals surface area (Å²) in [4.78, 5) is 0. The maximum Gasteiger partial charge on any atom is -0.109 e. The average Bonchev–Trinajstić information content (AvgIpc) is 1.93. The summed E-state index contributed by atoms with van der Waals surface area (Å²) < 4.78 is 4.22. The molecular weight excluding hydrogens is 1310 g/mol. The molecule has 0 nitrogen and oxygen atoms in total. The molecule has 0 atom stereocenters. The first-order valence-electron chi connectivity index (χ1n) is 31.0. The van der Waals surface area contributed by atoms with Crippen molar-refractivity contribution < 1.29 is 73.3 Å². The minimum atomic E-state index is 0. The van der Waals surface area contributed by atoms with Gasteiger partial charge in [-0.2, -0.15) is 47.5 Å². The van der Waals surface area contributed by atoms with E-state index in [1.165, 1.54) is 149 Å². The van der Waals surface area contributed by atoms with Crippen molar-refractivity contribution in [2.45, 2.75) is 235 Å². The van der Waals surface area contributed by atoms with Crippen LogP contribution in [0.1, 0.15) is 257 Å². The van der Waals surface area contributed by atoms with Crippen LogP contribution < -0.4 is 24.8 Å². The molecule has 6 heteroatoms. The van der Waals surface area contributed by atoms with Gasteiger partial charge in [-0.15, -0.1) is 46.2 Å². The standard InChI is InChI=1S/2C29H41.2C7H5Cl.2C5H5.2ClH.2Zr/c2*1-26(2,3)22-14-18-13-19-15-23(27(4,5)6)25(29(10,11)12)17-21(19)20(18)16-24(22)28(7,8)9;2*1-6-3-2-4-7(8)5-6;2*1-2-4-5-3-1;;;;/h2*14,16-17H,13H2,1-12H3;2*1-5H;2*1-3H,4H2;2*1H;;/q2*-1;;;2*-1;;;2*+2/p-2. The van der Waals surface area contributed by atoms with Crippen molar-refractivity contribution in [3.8, 4) is 22.3 Å². The third-order valence-corrected chi connectivity index (χ3v) is 17.8. The Balaban J connectivity index is 0.000000315. The number of halogens is 4. The maximum absolute atomic E-state index is 5.71. The molecular formula is C82H102Cl4Zr2-2. The van der Waals surface area contributed by atoms with Crippen LogP contribution in [-0.4, -0.2) is 7.42 Å². The van der Waals surface area contributed by atoms with Crippen molar-refractivity contribution in [3.05, 3.63) is 234 Å². The molecule has 4 aliphatic carbocycles. The first kappa shape index (κ1) is 79.2. The first-order chi connectivity index (χ1) is 39.5.